The lowest BCUT2D eigenvalue weighted by molar-refractivity contribution is -0.127. The molecule has 0 bridgehead atoms. The fraction of sp³-hybridized carbons (Fsp3) is 0.417. The number of carbonyl (C=O) groups is 1. The van der Waals surface area contributed by atoms with Crippen molar-refractivity contribution in [3.05, 3.63) is 24.0 Å². The Balaban J connectivity index is 2.82. The molecule has 0 saturated carbocycles. The maximum Gasteiger partial charge on any atom is 0.241 e. The average Bonchev–Trinajstić information content (AvgIpc) is 2.35. The Hall–Kier alpha value is -1.69. The molecule has 5 nitrogen and oxygen atoms in total. The van der Waals surface area contributed by atoms with Crippen LogP contribution in [0.15, 0.2) is 18.3 Å². The van der Waals surface area contributed by atoms with Gasteiger partial charge >= 0.3 is 0 Å². The van der Waals surface area contributed by atoms with Crippen LogP contribution in [0.5, 0.6) is 0 Å². The number of aromatic nitrogens is 1. The first-order valence-corrected chi connectivity index (χ1v) is 6.07. The molecule has 2 N–H and O–H groups in total. The minimum absolute atomic E-state index is 0.0512. The van der Waals surface area contributed by atoms with Crippen LogP contribution in [0.3, 0.4) is 0 Å². The monoisotopic (exact) mass is 266 g/mol. The molecule has 0 saturated heterocycles. The third-order valence-corrected chi connectivity index (χ3v) is 2.78. The Kier molecular flexibility index (Phi) is 5.03. The van der Waals surface area contributed by atoms with Gasteiger partial charge in [0.05, 0.1) is 24.1 Å². The maximum absolute atomic E-state index is 11.7. The second-order valence-corrected chi connectivity index (χ2v) is 4.51. The predicted molar refractivity (Wildman–Crippen MR) is 76.7 cm³/mol. The van der Waals surface area contributed by atoms with Gasteiger partial charge in [-0.1, -0.05) is 12.2 Å². The SMILES string of the molecule is CCN(CC(=O)N(C)C)c1ccc(C(N)=S)nc1. The van der Waals surface area contributed by atoms with Crippen molar-refractivity contribution < 1.29 is 4.79 Å². The topological polar surface area (TPSA) is 62.5 Å². The standard InChI is InChI=1S/C12H18N4OS/c1-4-16(8-11(17)15(2)3)9-5-6-10(12(13)18)14-7-9/h5-7H,4,8H2,1-3H3,(H2,13,18). The van der Waals surface area contributed by atoms with Gasteiger partial charge in [-0.3, -0.25) is 9.78 Å². The molecule has 98 valence electrons. The van der Waals surface area contributed by atoms with E-state index in [1.165, 1.54) is 0 Å². The second-order valence-electron chi connectivity index (χ2n) is 4.07. The van der Waals surface area contributed by atoms with Gasteiger partial charge in [-0.05, 0) is 19.1 Å². The summed E-state index contributed by atoms with van der Waals surface area (Å²) in [6.45, 7) is 3.05. The summed E-state index contributed by atoms with van der Waals surface area (Å²) >= 11 is 4.84. The van der Waals surface area contributed by atoms with Gasteiger partial charge in [0.2, 0.25) is 5.91 Å². The molecule has 1 aromatic rings. The van der Waals surface area contributed by atoms with Crippen LogP contribution in [0.2, 0.25) is 0 Å². The van der Waals surface area contributed by atoms with Crippen molar-refractivity contribution in [1.29, 1.82) is 0 Å². The highest BCUT2D eigenvalue weighted by Gasteiger charge is 2.12. The number of hydrogen-bond donors (Lipinski definition) is 1. The van der Waals surface area contributed by atoms with E-state index in [0.717, 1.165) is 12.2 Å². The molecule has 0 aliphatic carbocycles. The van der Waals surface area contributed by atoms with E-state index in [1.807, 2.05) is 17.9 Å². The number of nitrogens with two attached hydrogens (primary N) is 1. The highest BCUT2D eigenvalue weighted by atomic mass is 32.1. The van der Waals surface area contributed by atoms with Crippen molar-refractivity contribution in [2.45, 2.75) is 6.92 Å². The molecule has 0 spiro atoms. The van der Waals surface area contributed by atoms with Crippen molar-refractivity contribution in [2.75, 3.05) is 32.1 Å². The molecular formula is C12H18N4OS. The molecule has 6 heteroatoms. The first kappa shape index (κ1) is 14.4. The van der Waals surface area contributed by atoms with Crippen LogP contribution in [-0.4, -0.2) is 48.0 Å². The Labute approximate surface area is 113 Å². The van der Waals surface area contributed by atoms with Crippen LogP contribution in [0.4, 0.5) is 5.69 Å². The number of hydrogen-bond acceptors (Lipinski definition) is 4. The summed E-state index contributed by atoms with van der Waals surface area (Å²) in [5.74, 6) is 0.0512. The van der Waals surface area contributed by atoms with Gasteiger partial charge in [-0.25, -0.2) is 0 Å². The smallest absolute Gasteiger partial charge is 0.241 e. The van der Waals surface area contributed by atoms with E-state index >= 15 is 0 Å². The Bertz CT molecular complexity index is 430. The van der Waals surface area contributed by atoms with E-state index in [4.69, 9.17) is 18.0 Å². The minimum atomic E-state index is 0.0512. The number of likely N-dealkylation sites (N-methyl/N-ethyl adjacent to an activating group) is 2. The summed E-state index contributed by atoms with van der Waals surface area (Å²) in [5.41, 5.74) is 6.96. The minimum Gasteiger partial charge on any atom is -0.388 e. The molecular weight excluding hydrogens is 248 g/mol. The highest BCUT2D eigenvalue weighted by Crippen LogP contribution is 2.12. The molecule has 0 radical (unpaired) electrons. The summed E-state index contributed by atoms with van der Waals surface area (Å²) in [4.78, 5) is 19.6. The first-order valence-electron chi connectivity index (χ1n) is 5.66. The number of thiocarbonyl (C=S) groups is 1. The third-order valence-electron chi connectivity index (χ3n) is 2.57. The Morgan fingerprint density at radius 2 is 2.11 bits per heavy atom. The fourth-order valence-corrected chi connectivity index (χ4v) is 1.53. The molecule has 1 rings (SSSR count). The molecule has 1 amide bonds. The third kappa shape index (κ3) is 3.66. The molecule has 1 heterocycles. The van der Waals surface area contributed by atoms with Crippen molar-refractivity contribution in [3.8, 4) is 0 Å². The van der Waals surface area contributed by atoms with Crippen LogP contribution >= 0.6 is 12.2 Å². The van der Waals surface area contributed by atoms with E-state index in [1.54, 1.807) is 31.3 Å². The summed E-state index contributed by atoms with van der Waals surface area (Å²) in [6, 6.07) is 3.63. The van der Waals surface area contributed by atoms with Crippen molar-refractivity contribution in [2.24, 2.45) is 5.73 Å². The van der Waals surface area contributed by atoms with Crippen LogP contribution in [0.1, 0.15) is 12.6 Å². The lowest BCUT2D eigenvalue weighted by Gasteiger charge is -2.23. The van der Waals surface area contributed by atoms with E-state index in [0.29, 0.717) is 12.2 Å². The molecule has 0 atom stereocenters. The number of amides is 1. The molecule has 0 unspecified atom stereocenters. The second kappa shape index (κ2) is 6.30. The zero-order chi connectivity index (χ0) is 13.7. The average molecular weight is 266 g/mol. The van der Waals surface area contributed by atoms with Gasteiger partial charge in [0, 0.05) is 20.6 Å². The quantitative estimate of drug-likeness (QED) is 0.792. The first-order chi connectivity index (χ1) is 8.45. The normalized spacial score (nSPS) is 9.94. The van der Waals surface area contributed by atoms with Crippen LogP contribution in [-0.2, 0) is 4.79 Å². The van der Waals surface area contributed by atoms with Crippen molar-refractivity contribution in [3.63, 3.8) is 0 Å². The van der Waals surface area contributed by atoms with E-state index < -0.39 is 0 Å². The predicted octanol–water partition coefficient (Wildman–Crippen LogP) is 0.630. The van der Waals surface area contributed by atoms with Gasteiger partial charge in [0.15, 0.2) is 0 Å². The molecule has 1 aromatic heterocycles. The van der Waals surface area contributed by atoms with Crippen LogP contribution in [0.25, 0.3) is 0 Å². The van der Waals surface area contributed by atoms with E-state index in [9.17, 15) is 4.79 Å². The van der Waals surface area contributed by atoms with Gasteiger partial charge in [0.1, 0.15) is 4.99 Å². The van der Waals surface area contributed by atoms with Gasteiger partial charge in [0.25, 0.3) is 0 Å². The Morgan fingerprint density at radius 1 is 1.44 bits per heavy atom. The van der Waals surface area contributed by atoms with Crippen LogP contribution < -0.4 is 10.6 Å². The summed E-state index contributed by atoms with van der Waals surface area (Å²) < 4.78 is 0. The summed E-state index contributed by atoms with van der Waals surface area (Å²) in [7, 11) is 3.48. The summed E-state index contributed by atoms with van der Waals surface area (Å²) in [5, 5.41) is 0. The summed E-state index contributed by atoms with van der Waals surface area (Å²) in [6.07, 6.45) is 1.68. The zero-order valence-electron chi connectivity index (χ0n) is 10.9. The number of anilines is 1. The fourth-order valence-electron chi connectivity index (χ4n) is 1.41. The number of pyridine rings is 1. The number of nitrogens with zero attached hydrogens (tertiary/aromatic N) is 3. The molecule has 0 aliphatic heterocycles. The van der Waals surface area contributed by atoms with Crippen molar-refractivity contribution >= 4 is 28.8 Å². The molecule has 18 heavy (non-hydrogen) atoms. The van der Waals surface area contributed by atoms with E-state index in [2.05, 4.69) is 4.98 Å². The molecule has 0 aromatic carbocycles. The lowest BCUT2D eigenvalue weighted by atomic mass is 10.3. The number of rotatable bonds is 5. The van der Waals surface area contributed by atoms with E-state index in [-0.39, 0.29) is 10.9 Å². The van der Waals surface area contributed by atoms with Crippen molar-refractivity contribution in [1.82, 2.24) is 9.88 Å². The van der Waals surface area contributed by atoms with Gasteiger partial charge < -0.3 is 15.5 Å². The van der Waals surface area contributed by atoms with Gasteiger partial charge in [-0.2, -0.15) is 0 Å². The highest BCUT2D eigenvalue weighted by molar-refractivity contribution is 7.80. The van der Waals surface area contributed by atoms with Crippen LogP contribution in [0, 0.1) is 0 Å². The largest absolute Gasteiger partial charge is 0.388 e. The van der Waals surface area contributed by atoms with Gasteiger partial charge in [-0.15, -0.1) is 0 Å². The Morgan fingerprint density at radius 3 is 2.50 bits per heavy atom. The molecule has 0 fully saturated rings. The lowest BCUT2D eigenvalue weighted by Crippen LogP contribution is -2.36. The number of carbonyl (C=O) groups excluding carboxylic acids is 1. The molecule has 0 aliphatic rings. The zero-order valence-corrected chi connectivity index (χ0v) is 11.7. The maximum atomic E-state index is 11.7.